The van der Waals surface area contributed by atoms with Crippen LogP contribution in [0.2, 0.25) is 0 Å². The summed E-state index contributed by atoms with van der Waals surface area (Å²) in [4.78, 5) is 45.2. The van der Waals surface area contributed by atoms with Crippen LogP contribution in [0.3, 0.4) is 0 Å². The summed E-state index contributed by atoms with van der Waals surface area (Å²) in [6.07, 6.45) is 5.81. The van der Waals surface area contributed by atoms with Crippen molar-refractivity contribution in [1.82, 2.24) is 10.4 Å². The molecule has 0 aromatic rings. The molecule has 1 saturated heterocycles. The fourth-order valence-electron chi connectivity index (χ4n) is 11.8. The number of nitrogens with zero attached hydrogens (tertiary/aromatic N) is 1. The second-order valence-electron chi connectivity index (χ2n) is 16.7. The zero-order valence-corrected chi connectivity index (χ0v) is 28.7. The van der Waals surface area contributed by atoms with Crippen LogP contribution >= 0.6 is 0 Å². The Morgan fingerprint density at radius 3 is 2.40 bits per heavy atom. The van der Waals surface area contributed by atoms with Gasteiger partial charge in [-0.25, -0.2) is 0 Å². The van der Waals surface area contributed by atoms with Gasteiger partial charge in [0.2, 0.25) is 5.91 Å². The first kappa shape index (κ1) is 35.0. The first-order valence-corrected chi connectivity index (χ1v) is 17.9. The maximum atomic E-state index is 14.4. The van der Waals surface area contributed by atoms with Crippen molar-refractivity contribution in [2.75, 3.05) is 20.3 Å². The Balaban J connectivity index is 1.16. The minimum atomic E-state index is -1.22. The summed E-state index contributed by atoms with van der Waals surface area (Å²) in [5.41, 5.74) is 0.936. The van der Waals surface area contributed by atoms with Gasteiger partial charge in [0.15, 0.2) is 5.78 Å². The molecule has 6 rings (SSSR count). The lowest BCUT2D eigenvalue weighted by molar-refractivity contribution is -0.292. The molecule has 5 N–H and O–H groups in total. The zero-order valence-electron chi connectivity index (χ0n) is 28.7. The molecule has 11 heteroatoms. The topological polar surface area (TPSA) is 166 Å². The Morgan fingerprint density at radius 1 is 1.02 bits per heavy atom. The monoisotopic (exact) mass is 660 g/mol. The quantitative estimate of drug-likeness (QED) is 0.256. The van der Waals surface area contributed by atoms with E-state index in [0.717, 1.165) is 51.4 Å². The lowest BCUT2D eigenvalue weighted by Gasteiger charge is -2.65. The van der Waals surface area contributed by atoms with Crippen molar-refractivity contribution >= 4 is 17.7 Å². The largest absolute Gasteiger partial charge is 0.481 e. The highest BCUT2D eigenvalue weighted by molar-refractivity contribution is 5.95. The molecule has 47 heavy (non-hydrogen) atoms. The molecule has 4 saturated carbocycles. The number of rotatable bonds is 7. The molecule has 6 aliphatic rings. The fourth-order valence-corrected chi connectivity index (χ4v) is 11.8. The number of carbonyl (C=O) groups is 3. The molecule has 0 aromatic heterocycles. The predicted octanol–water partition coefficient (Wildman–Crippen LogP) is 3.06. The van der Waals surface area contributed by atoms with Crippen LogP contribution in [0.4, 0.5) is 0 Å². The van der Waals surface area contributed by atoms with Crippen LogP contribution in [-0.2, 0) is 24.0 Å². The normalized spacial score (nSPS) is 48.0. The van der Waals surface area contributed by atoms with E-state index in [4.69, 9.17) is 9.57 Å². The summed E-state index contributed by atoms with van der Waals surface area (Å²) in [6, 6.07) is -0.0658. The average Bonchev–Trinajstić information content (AvgIpc) is 3.01. The standard InChI is InChI=1S/C36H56N2O9/c1-19-22-8-12-36(4)23-7-11-34(2)10-6-20(33(44)45)14-24(34)21(23)15-27(41)32(36)35(22,3)13-9-25(19)37-29(42)17-38(46-5)30-16-26(40)31(43)28(18-39)47-30/h15,19-20,22-26,28,30-32,39-40,43H,6-14,16-18H2,1-5H3,(H,37,42)(H,44,45). The van der Waals surface area contributed by atoms with Gasteiger partial charge in [0.1, 0.15) is 25.0 Å². The van der Waals surface area contributed by atoms with Gasteiger partial charge in [-0.05, 0) is 104 Å². The number of amides is 1. The van der Waals surface area contributed by atoms with E-state index < -0.39 is 37.1 Å². The minimum Gasteiger partial charge on any atom is -0.481 e. The third-order valence-electron chi connectivity index (χ3n) is 14.3. The van der Waals surface area contributed by atoms with Crippen molar-refractivity contribution in [3.8, 4) is 0 Å². The Hall–Kier alpha value is -1.89. The van der Waals surface area contributed by atoms with E-state index in [1.807, 2.05) is 6.08 Å². The van der Waals surface area contributed by atoms with E-state index in [1.54, 1.807) is 0 Å². The van der Waals surface area contributed by atoms with Gasteiger partial charge in [-0.15, -0.1) is 0 Å². The van der Waals surface area contributed by atoms with Crippen LogP contribution in [0.5, 0.6) is 0 Å². The van der Waals surface area contributed by atoms with Crippen molar-refractivity contribution < 1.29 is 44.4 Å². The summed E-state index contributed by atoms with van der Waals surface area (Å²) >= 11 is 0. The van der Waals surface area contributed by atoms with E-state index in [9.17, 15) is 34.8 Å². The number of fused-ring (bicyclic) bond motifs is 7. The van der Waals surface area contributed by atoms with Crippen LogP contribution in [0.25, 0.3) is 0 Å². The van der Waals surface area contributed by atoms with Crippen molar-refractivity contribution in [3.05, 3.63) is 11.6 Å². The molecule has 0 aromatic carbocycles. The van der Waals surface area contributed by atoms with E-state index in [-0.39, 0.29) is 76.5 Å². The highest BCUT2D eigenvalue weighted by atomic mass is 16.7. The summed E-state index contributed by atoms with van der Waals surface area (Å²) < 4.78 is 5.72. The van der Waals surface area contributed by atoms with Gasteiger partial charge in [-0.2, -0.15) is 5.06 Å². The van der Waals surface area contributed by atoms with E-state index in [0.29, 0.717) is 12.3 Å². The van der Waals surface area contributed by atoms with Crippen LogP contribution in [-0.4, -0.2) is 94.0 Å². The second-order valence-corrected chi connectivity index (χ2v) is 16.7. The van der Waals surface area contributed by atoms with E-state index >= 15 is 0 Å². The van der Waals surface area contributed by atoms with Crippen molar-refractivity contribution in [2.24, 2.45) is 51.8 Å². The fraction of sp³-hybridized carbons (Fsp3) is 0.861. The summed E-state index contributed by atoms with van der Waals surface area (Å²) in [5, 5.41) is 44.3. The van der Waals surface area contributed by atoms with E-state index in [2.05, 4.69) is 33.0 Å². The molecule has 1 aliphatic heterocycles. The molecular formula is C36H56N2O9. The Morgan fingerprint density at radius 2 is 1.72 bits per heavy atom. The highest BCUT2D eigenvalue weighted by Gasteiger charge is 2.65. The predicted molar refractivity (Wildman–Crippen MR) is 171 cm³/mol. The van der Waals surface area contributed by atoms with Crippen LogP contribution in [0.1, 0.15) is 91.9 Å². The maximum Gasteiger partial charge on any atom is 0.306 e. The zero-order chi connectivity index (χ0) is 34.1. The van der Waals surface area contributed by atoms with E-state index in [1.165, 1.54) is 17.7 Å². The first-order valence-electron chi connectivity index (χ1n) is 17.9. The van der Waals surface area contributed by atoms with Gasteiger partial charge in [0.05, 0.1) is 25.7 Å². The number of hydrogen-bond acceptors (Lipinski definition) is 9. The molecule has 5 fully saturated rings. The number of aliphatic hydroxyl groups is 3. The number of ketones is 1. The van der Waals surface area contributed by atoms with Gasteiger partial charge >= 0.3 is 5.97 Å². The number of allylic oxidation sites excluding steroid dienone is 2. The van der Waals surface area contributed by atoms with Crippen molar-refractivity contribution in [3.63, 3.8) is 0 Å². The highest BCUT2D eigenvalue weighted by Crippen LogP contribution is 2.69. The summed E-state index contributed by atoms with van der Waals surface area (Å²) in [5.74, 6) is -0.290. The molecule has 11 nitrogen and oxygen atoms in total. The molecule has 0 radical (unpaired) electrons. The van der Waals surface area contributed by atoms with Crippen LogP contribution in [0.15, 0.2) is 11.6 Å². The van der Waals surface area contributed by atoms with Gasteiger partial charge in [0, 0.05) is 18.4 Å². The summed E-state index contributed by atoms with van der Waals surface area (Å²) in [7, 11) is 1.42. The number of ether oxygens (including phenoxy) is 1. The molecule has 1 amide bonds. The molecule has 0 spiro atoms. The number of hydrogen-bond donors (Lipinski definition) is 5. The van der Waals surface area contributed by atoms with Gasteiger partial charge < -0.3 is 30.5 Å². The molecule has 264 valence electrons. The maximum absolute atomic E-state index is 14.4. The average molecular weight is 661 g/mol. The van der Waals surface area contributed by atoms with Crippen LogP contribution < -0.4 is 5.32 Å². The lowest BCUT2D eigenvalue weighted by atomic mass is 9.38. The minimum absolute atomic E-state index is 0.0323. The number of nitrogens with one attached hydrogen (secondary N) is 1. The number of carboxylic acids is 1. The van der Waals surface area contributed by atoms with Gasteiger partial charge in [0.25, 0.3) is 0 Å². The summed E-state index contributed by atoms with van der Waals surface area (Å²) in [6.45, 7) is 8.57. The van der Waals surface area contributed by atoms with Gasteiger partial charge in [-0.1, -0.05) is 33.3 Å². The number of carboxylic acid groups (broad SMARTS) is 1. The smallest absolute Gasteiger partial charge is 0.306 e. The van der Waals surface area contributed by atoms with Crippen molar-refractivity contribution in [1.29, 1.82) is 0 Å². The first-order chi connectivity index (χ1) is 22.2. The molecule has 0 bridgehead atoms. The van der Waals surface area contributed by atoms with Crippen LogP contribution in [0, 0.1) is 51.8 Å². The molecule has 14 unspecified atom stereocenters. The molecular weight excluding hydrogens is 604 g/mol. The third kappa shape index (κ3) is 5.80. The van der Waals surface area contributed by atoms with Gasteiger partial charge in [-0.3, -0.25) is 19.2 Å². The Labute approximate surface area is 278 Å². The second kappa shape index (κ2) is 12.8. The lowest BCUT2D eigenvalue weighted by Crippen LogP contribution is -2.63. The van der Waals surface area contributed by atoms with Crippen molar-refractivity contribution in [2.45, 2.75) is 122 Å². The Bertz CT molecular complexity index is 1270. The SMILES string of the molecule is CON(CC(=O)NC1CCC2(C)C(CCC3(C)C4CCC5(C)CCC(C(=O)O)CC5C4=CC(=O)C32)C1C)C1CC(O)C(O)C(CO)O1. The Kier molecular flexibility index (Phi) is 9.50. The molecule has 1 heterocycles. The number of hydroxylamine groups is 2. The molecule has 5 aliphatic carbocycles. The number of carbonyl (C=O) groups excluding carboxylic acids is 2. The molecule has 14 atom stereocenters. The number of aliphatic carboxylic acids is 1. The third-order valence-corrected chi connectivity index (χ3v) is 14.3. The number of aliphatic hydroxyl groups excluding tert-OH is 3.